The first-order valence-electron chi connectivity index (χ1n) is 3.58. The lowest BCUT2D eigenvalue weighted by molar-refractivity contribution is -0.274. The molecular weight excluding hydrogens is 237 g/mol. The predicted octanol–water partition coefficient (Wildman–Crippen LogP) is 2.94. The number of hydrogen-bond donors (Lipinski definition) is 1. The molecule has 0 aliphatic heterocycles. The van der Waals surface area contributed by atoms with E-state index in [-0.39, 0.29) is 5.56 Å². The van der Waals surface area contributed by atoms with Gasteiger partial charge in [0.15, 0.2) is 0 Å². The van der Waals surface area contributed by atoms with Gasteiger partial charge in [-0.25, -0.2) is 4.79 Å². The van der Waals surface area contributed by atoms with E-state index in [9.17, 15) is 18.0 Å². The van der Waals surface area contributed by atoms with Gasteiger partial charge in [0.25, 0.3) is 0 Å². The lowest BCUT2D eigenvalue weighted by Gasteiger charge is -2.10. The van der Waals surface area contributed by atoms with E-state index in [0.29, 0.717) is 0 Å². The number of aromatic carboxylic acids is 1. The monoisotopic (exact) mass is 240 g/mol. The number of carbonyl (C=O) groups is 1. The highest BCUT2D eigenvalue weighted by molar-refractivity contribution is 6.32. The maximum atomic E-state index is 11.8. The molecule has 0 amide bonds. The first-order valence-corrected chi connectivity index (χ1v) is 3.96. The van der Waals surface area contributed by atoms with Gasteiger partial charge >= 0.3 is 12.3 Å². The van der Waals surface area contributed by atoms with Crippen molar-refractivity contribution < 1.29 is 27.8 Å². The molecule has 82 valence electrons. The van der Waals surface area contributed by atoms with Crippen molar-refractivity contribution >= 4 is 17.6 Å². The maximum Gasteiger partial charge on any atom is 0.573 e. The zero-order chi connectivity index (χ0) is 11.6. The van der Waals surface area contributed by atoms with Gasteiger partial charge in [0.2, 0.25) is 0 Å². The van der Waals surface area contributed by atoms with Gasteiger partial charge in [-0.3, -0.25) is 0 Å². The highest BCUT2D eigenvalue weighted by atomic mass is 35.5. The summed E-state index contributed by atoms with van der Waals surface area (Å²) in [6.45, 7) is 0. The number of halogens is 4. The number of hydrogen-bond acceptors (Lipinski definition) is 2. The molecule has 1 N–H and O–H groups in total. The van der Waals surface area contributed by atoms with E-state index in [1.807, 2.05) is 0 Å². The van der Waals surface area contributed by atoms with Gasteiger partial charge in [-0.05, 0) is 18.2 Å². The third kappa shape index (κ3) is 3.32. The normalized spacial score (nSPS) is 11.2. The van der Waals surface area contributed by atoms with Gasteiger partial charge in [0.05, 0.1) is 10.6 Å². The first kappa shape index (κ1) is 11.6. The van der Waals surface area contributed by atoms with Crippen LogP contribution in [-0.2, 0) is 0 Å². The highest BCUT2D eigenvalue weighted by Crippen LogP contribution is 2.30. The molecule has 0 fully saturated rings. The van der Waals surface area contributed by atoms with E-state index >= 15 is 0 Å². The predicted molar refractivity (Wildman–Crippen MR) is 45.1 cm³/mol. The Labute approximate surface area is 87.0 Å². The summed E-state index contributed by atoms with van der Waals surface area (Å²) in [6.07, 6.45) is -4.85. The molecule has 0 aliphatic carbocycles. The number of rotatable bonds is 2. The third-order valence-corrected chi connectivity index (χ3v) is 1.70. The molecule has 1 rings (SSSR count). The molecule has 15 heavy (non-hydrogen) atoms. The Bertz CT molecular complexity index is 389. The van der Waals surface area contributed by atoms with Gasteiger partial charge in [0.1, 0.15) is 5.75 Å². The van der Waals surface area contributed by atoms with Gasteiger partial charge in [-0.1, -0.05) is 11.6 Å². The first-order chi connectivity index (χ1) is 6.79. The molecule has 7 heteroatoms. The van der Waals surface area contributed by atoms with Crippen molar-refractivity contribution in [2.24, 2.45) is 0 Å². The van der Waals surface area contributed by atoms with Crippen LogP contribution in [0.3, 0.4) is 0 Å². The molecule has 0 saturated heterocycles. The van der Waals surface area contributed by atoms with E-state index in [1.54, 1.807) is 0 Å². The minimum atomic E-state index is -4.85. The summed E-state index contributed by atoms with van der Waals surface area (Å²) in [6, 6.07) is 2.69. The summed E-state index contributed by atoms with van der Waals surface area (Å²) < 4.78 is 38.9. The van der Waals surface area contributed by atoms with Gasteiger partial charge in [-0.2, -0.15) is 0 Å². The summed E-state index contributed by atoms with van der Waals surface area (Å²) in [5, 5.41) is 8.10. The molecule has 0 bridgehead atoms. The average Bonchev–Trinajstić information content (AvgIpc) is 2.05. The zero-order valence-electron chi connectivity index (χ0n) is 7.01. The number of carboxylic acid groups (broad SMARTS) is 1. The highest BCUT2D eigenvalue weighted by Gasteiger charge is 2.32. The molecule has 1 aromatic rings. The second-order valence-electron chi connectivity index (χ2n) is 2.50. The maximum absolute atomic E-state index is 11.8. The summed E-state index contributed by atoms with van der Waals surface area (Å²) >= 11 is 5.39. The van der Waals surface area contributed by atoms with Crippen molar-refractivity contribution in [1.82, 2.24) is 0 Å². The van der Waals surface area contributed by atoms with Crippen LogP contribution in [0, 0.1) is 0 Å². The molecule has 0 aromatic heterocycles. The van der Waals surface area contributed by atoms with Crippen molar-refractivity contribution in [1.29, 1.82) is 0 Å². The lowest BCUT2D eigenvalue weighted by Crippen LogP contribution is -2.17. The second kappa shape index (κ2) is 3.98. The van der Waals surface area contributed by atoms with Crippen molar-refractivity contribution in [2.75, 3.05) is 0 Å². The summed E-state index contributed by atoms with van der Waals surface area (Å²) in [7, 11) is 0. The van der Waals surface area contributed by atoms with Crippen molar-refractivity contribution in [3.05, 3.63) is 28.8 Å². The van der Waals surface area contributed by atoms with Crippen molar-refractivity contribution in [2.45, 2.75) is 6.36 Å². The van der Waals surface area contributed by atoms with E-state index in [1.165, 1.54) is 0 Å². The van der Waals surface area contributed by atoms with Gasteiger partial charge in [-0.15, -0.1) is 13.2 Å². The zero-order valence-corrected chi connectivity index (χ0v) is 7.76. The molecule has 1 aromatic carbocycles. The van der Waals surface area contributed by atoms with Crippen LogP contribution >= 0.6 is 11.6 Å². The topological polar surface area (TPSA) is 46.5 Å². The third-order valence-electron chi connectivity index (χ3n) is 1.40. The number of ether oxygens (including phenoxy) is 1. The molecule has 0 unspecified atom stereocenters. The standard InChI is InChI=1S/C8H4ClF3O3/c9-5-3-4(7(13)14)1-2-6(5)15-8(10,11)12/h1-3H,(H,13,14). The Morgan fingerprint density at radius 3 is 2.40 bits per heavy atom. The Kier molecular flexibility index (Phi) is 3.09. The van der Waals surface area contributed by atoms with E-state index in [2.05, 4.69) is 4.74 Å². The van der Waals surface area contributed by atoms with Crippen LogP contribution in [0.5, 0.6) is 5.75 Å². The average molecular weight is 241 g/mol. The molecule has 3 nitrogen and oxygen atoms in total. The molecule has 0 saturated carbocycles. The fraction of sp³-hybridized carbons (Fsp3) is 0.125. The van der Waals surface area contributed by atoms with E-state index < -0.39 is 23.1 Å². The summed E-state index contributed by atoms with van der Waals surface area (Å²) in [5.74, 6) is -1.91. The van der Waals surface area contributed by atoms with Gasteiger partial charge < -0.3 is 9.84 Å². The van der Waals surface area contributed by atoms with Crippen LogP contribution in [0.2, 0.25) is 5.02 Å². The van der Waals surface area contributed by atoms with Crippen LogP contribution in [-0.4, -0.2) is 17.4 Å². The Hall–Kier alpha value is -1.43. The molecule has 0 radical (unpaired) electrons. The Morgan fingerprint density at radius 2 is 2.00 bits per heavy atom. The quantitative estimate of drug-likeness (QED) is 0.864. The minimum absolute atomic E-state index is 0.213. The molecule has 0 heterocycles. The number of benzene rings is 1. The lowest BCUT2D eigenvalue weighted by atomic mass is 10.2. The van der Waals surface area contributed by atoms with Crippen LogP contribution in [0.25, 0.3) is 0 Å². The van der Waals surface area contributed by atoms with Crippen molar-refractivity contribution in [3.63, 3.8) is 0 Å². The van der Waals surface area contributed by atoms with Crippen LogP contribution < -0.4 is 4.74 Å². The van der Waals surface area contributed by atoms with Crippen LogP contribution in [0.15, 0.2) is 18.2 Å². The Morgan fingerprint density at radius 1 is 1.40 bits per heavy atom. The molecule has 0 spiro atoms. The Balaban J connectivity index is 2.99. The van der Waals surface area contributed by atoms with Crippen LogP contribution in [0.1, 0.15) is 10.4 Å². The summed E-state index contributed by atoms with van der Waals surface area (Å²) in [4.78, 5) is 10.4. The second-order valence-corrected chi connectivity index (χ2v) is 2.91. The largest absolute Gasteiger partial charge is 0.573 e. The van der Waals surface area contributed by atoms with E-state index in [4.69, 9.17) is 16.7 Å². The molecule has 0 aliphatic rings. The fourth-order valence-corrected chi connectivity index (χ4v) is 1.06. The van der Waals surface area contributed by atoms with E-state index in [0.717, 1.165) is 18.2 Å². The molecular formula is C8H4ClF3O3. The summed E-state index contributed by atoms with van der Waals surface area (Å²) in [5.41, 5.74) is -0.213. The molecule has 0 atom stereocenters. The van der Waals surface area contributed by atoms with Crippen LogP contribution in [0.4, 0.5) is 13.2 Å². The minimum Gasteiger partial charge on any atom is -0.478 e. The van der Waals surface area contributed by atoms with Crippen molar-refractivity contribution in [3.8, 4) is 5.75 Å². The number of carboxylic acids is 1. The number of alkyl halides is 3. The fourth-order valence-electron chi connectivity index (χ4n) is 0.841. The van der Waals surface area contributed by atoms with Gasteiger partial charge in [0, 0.05) is 0 Å². The smallest absolute Gasteiger partial charge is 0.478 e. The SMILES string of the molecule is O=C(O)c1ccc(OC(F)(F)F)c(Cl)c1.